The van der Waals surface area contributed by atoms with Gasteiger partial charge in [0.25, 0.3) is 5.69 Å². The van der Waals surface area contributed by atoms with Gasteiger partial charge in [-0.05, 0) is 44.7 Å². The van der Waals surface area contributed by atoms with Crippen LogP contribution in [0.2, 0.25) is 0 Å². The van der Waals surface area contributed by atoms with E-state index in [1.807, 2.05) is 0 Å². The van der Waals surface area contributed by atoms with Crippen molar-refractivity contribution in [1.82, 2.24) is 0 Å². The van der Waals surface area contributed by atoms with Gasteiger partial charge in [0.05, 0.1) is 17.6 Å². The maximum Gasteiger partial charge on any atom is 0.342 e. The Kier molecular flexibility index (Phi) is 6.49. The number of aryl methyl sites for hydroxylation is 1. The molecule has 0 amide bonds. The fraction of sp³-hybridized carbons (Fsp3) is 0.467. The van der Waals surface area contributed by atoms with Crippen molar-refractivity contribution in [1.29, 1.82) is 0 Å². The summed E-state index contributed by atoms with van der Waals surface area (Å²) in [5, 5.41) is 19.9. The Hall–Kier alpha value is -2.44. The van der Waals surface area contributed by atoms with Crippen molar-refractivity contribution in [3.63, 3.8) is 0 Å². The summed E-state index contributed by atoms with van der Waals surface area (Å²) in [4.78, 5) is 32.0. The molecule has 0 atom stereocenters. The van der Waals surface area contributed by atoms with E-state index in [9.17, 15) is 19.7 Å². The second-order valence-corrected chi connectivity index (χ2v) is 5.06. The number of carbonyl (C=O) groups excluding carboxylic acids is 1. The van der Waals surface area contributed by atoms with E-state index < -0.39 is 16.6 Å². The lowest BCUT2D eigenvalue weighted by Gasteiger charge is -2.10. The van der Waals surface area contributed by atoms with Crippen LogP contribution < -0.4 is 4.74 Å². The molecule has 1 N–H and O–H groups in total. The van der Waals surface area contributed by atoms with Crippen LogP contribution in [-0.4, -0.2) is 28.4 Å². The summed E-state index contributed by atoms with van der Waals surface area (Å²) in [6, 6.07) is 2.39. The van der Waals surface area contributed by atoms with Gasteiger partial charge in [-0.2, -0.15) is 0 Å². The molecule has 0 spiro atoms. The number of nitrogens with zero attached hydrogens (tertiary/aromatic N) is 1. The molecule has 7 heteroatoms. The van der Waals surface area contributed by atoms with Crippen molar-refractivity contribution >= 4 is 17.4 Å². The minimum Gasteiger partial charge on any atom is -0.493 e. The Bertz CT molecular complexity index is 582. The SMILES string of the molecule is CC(=O)CCCCCOc1cc([N+](=O)[O-])c(C(=O)O)cc1C. The molecule has 0 heterocycles. The van der Waals surface area contributed by atoms with E-state index >= 15 is 0 Å². The average Bonchev–Trinajstić information content (AvgIpc) is 2.42. The van der Waals surface area contributed by atoms with Gasteiger partial charge in [-0.3, -0.25) is 10.1 Å². The topological polar surface area (TPSA) is 107 Å². The lowest BCUT2D eigenvalue weighted by Crippen LogP contribution is -2.06. The van der Waals surface area contributed by atoms with Crippen molar-refractivity contribution in [3.8, 4) is 5.75 Å². The van der Waals surface area contributed by atoms with E-state index in [1.165, 1.54) is 6.07 Å². The van der Waals surface area contributed by atoms with Gasteiger partial charge in [0.2, 0.25) is 0 Å². The van der Waals surface area contributed by atoms with E-state index in [-0.39, 0.29) is 11.3 Å². The Morgan fingerprint density at radius 2 is 1.95 bits per heavy atom. The summed E-state index contributed by atoms with van der Waals surface area (Å²) in [6.45, 7) is 3.55. The van der Waals surface area contributed by atoms with Crippen LogP contribution >= 0.6 is 0 Å². The molecule has 0 saturated carbocycles. The lowest BCUT2D eigenvalue weighted by molar-refractivity contribution is -0.385. The number of rotatable bonds is 9. The van der Waals surface area contributed by atoms with Crippen molar-refractivity contribution in [2.45, 2.75) is 39.5 Å². The highest BCUT2D eigenvalue weighted by Crippen LogP contribution is 2.29. The highest BCUT2D eigenvalue weighted by atomic mass is 16.6. The number of carbonyl (C=O) groups is 2. The number of Topliss-reactive ketones (excluding diaryl/α,β-unsaturated/α-hetero) is 1. The standard InChI is InChI=1S/C15H19NO6/c1-10-8-12(15(18)19)13(16(20)21)9-14(10)22-7-5-3-4-6-11(2)17/h8-9H,3-7H2,1-2H3,(H,18,19). The van der Waals surface area contributed by atoms with Crippen LogP contribution in [0.5, 0.6) is 5.75 Å². The van der Waals surface area contributed by atoms with E-state index in [0.717, 1.165) is 25.3 Å². The van der Waals surface area contributed by atoms with Crippen molar-refractivity contribution in [2.24, 2.45) is 0 Å². The molecular weight excluding hydrogens is 290 g/mol. The Morgan fingerprint density at radius 3 is 2.50 bits per heavy atom. The summed E-state index contributed by atoms with van der Waals surface area (Å²) in [5.74, 6) is -0.884. The highest BCUT2D eigenvalue weighted by Gasteiger charge is 2.22. The predicted molar refractivity (Wildman–Crippen MR) is 79.4 cm³/mol. The zero-order valence-corrected chi connectivity index (χ0v) is 12.6. The molecule has 120 valence electrons. The van der Waals surface area contributed by atoms with E-state index in [2.05, 4.69) is 0 Å². The number of benzene rings is 1. The summed E-state index contributed by atoms with van der Waals surface area (Å²) < 4.78 is 5.49. The molecule has 0 aromatic heterocycles. The second kappa shape index (κ2) is 8.11. The summed E-state index contributed by atoms with van der Waals surface area (Å²) >= 11 is 0. The van der Waals surface area contributed by atoms with Gasteiger partial charge in [-0.15, -0.1) is 0 Å². The largest absolute Gasteiger partial charge is 0.493 e. The molecule has 0 aliphatic carbocycles. The van der Waals surface area contributed by atoms with Gasteiger partial charge in [0, 0.05) is 6.42 Å². The molecule has 1 aromatic rings. The van der Waals surface area contributed by atoms with Gasteiger partial charge in [-0.25, -0.2) is 4.79 Å². The van der Waals surface area contributed by atoms with E-state index in [4.69, 9.17) is 9.84 Å². The van der Waals surface area contributed by atoms with Crippen LogP contribution in [0.1, 0.15) is 48.5 Å². The van der Waals surface area contributed by atoms with Gasteiger partial charge in [-0.1, -0.05) is 0 Å². The smallest absolute Gasteiger partial charge is 0.342 e. The van der Waals surface area contributed by atoms with Crippen molar-refractivity contribution < 1.29 is 24.4 Å². The first kappa shape index (κ1) is 17.6. The van der Waals surface area contributed by atoms with Crippen LogP contribution in [0.4, 0.5) is 5.69 Å². The number of ether oxygens (including phenoxy) is 1. The number of nitro benzene ring substituents is 1. The number of aromatic carboxylic acids is 1. The predicted octanol–water partition coefficient (Wildman–Crippen LogP) is 3.13. The first-order chi connectivity index (χ1) is 10.3. The molecule has 22 heavy (non-hydrogen) atoms. The third-order valence-corrected chi connectivity index (χ3v) is 3.15. The van der Waals surface area contributed by atoms with Gasteiger partial charge >= 0.3 is 5.97 Å². The molecular formula is C15H19NO6. The number of carboxylic acids is 1. The fourth-order valence-electron chi connectivity index (χ4n) is 1.99. The molecule has 1 aromatic carbocycles. The first-order valence-electron chi connectivity index (χ1n) is 6.97. The Morgan fingerprint density at radius 1 is 1.27 bits per heavy atom. The normalized spacial score (nSPS) is 10.3. The molecule has 0 radical (unpaired) electrons. The van der Waals surface area contributed by atoms with Gasteiger partial charge in [0.15, 0.2) is 0 Å². The molecule has 0 aliphatic rings. The van der Waals surface area contributed by atoms with Crippen LogP contribution in [0.25, 0.3) is 0 Å². The molecule has 1 rings (SSSR count). The Labute approximate surface area is 128 Å². The third kappa shape index (κ3) is 5.16. The average molecular weight is 309 g/mol. The van der Waals surface area contributed by atoms with Crippen LogP contribution in [0.15, 0.2) is 12.1 Å². The molecule has 0 fully saturated rings. The number of hydrogen-bond acceptors (Lipinski definition) is 5. The van der Waals surface area contributed by atoms with Crippen molar-refractivity contribution in [3.05, 3.63) is 33.4 Å². The van der Waals surface area contributed by atoms with E-state index in [0.29, 0.717) is 24.3 Å². The summed E-state index contributed by atoms with van der Waals surface area (Å²) in [5.41, 5.74) is -0.298. The maximum absolute atomic E-state index is 11.0. The monoisotopic (exact) mass is 309 g/mol. The maximum atomic E-state index is 11.0. The quantitative estimate of drug-likeness (QED) is 0.426. The molecule has 0 aliphatic heterocycles. The minimum absolute atomic E-state index is 0.150. The lowest BCUT2D eigenvalue weighted by atomic mass is 10.1. The first-order valence-corrected chi connectivity index (χ1v) is 6.97. The highest BCUT2D eigenvalue weighted by molar-refractivity contribution is 5.93. The third-order valence-electron chi connectivity index (χ3n) is 3.15. The number of unbranched alkanes of at least 4 members (excludes halogenated alkanes) is 2. The minimum atomic E-state index is -1.34. The van der Waals surface area contributed by atoms with Crippen LogP contribution in [0.3, 0.4) is 0 Å². The van der Waals surface area contributed by atoms with E-state index in [1.54, 1.807) is 13.8 Å². The zero-order chi connectivity index (χ0) is 16.7. The second-order valence-electron chi connectivity index (χ2n) is 5.06. The molecule has 0 bridgehead atoms. The Balaban J connectivity index is 2.67. The van der Waals surface area contributed by atoms with Crippen LogP contribution in [0, 0.1) is 17.0 Å². The number of carboxylic acid groups (broad SMARTS) is 1. The fourth-order valence-corrected chi connectivity index (χ4v) is 1.99. The van der Waals surface area contributed by atoms with Crippen molar-refractivity contribution in [2.75, 3.05) is 6.61 Å². The van der Waals surface area contributed by atoms with Gasteiger partial charge in [0.1, 0.15) is 17.1 Å². The summed E-state index contributed by atoms with van der Waals surface area (Å²) in [6.07, 6.45) is 2.88. The number of hydrogen-bond donors (Lipinski definition) is 1. The van der Waals surface area contributed by atoms with Crippen LogP contribution in [-0.2, 0) is 4.79 Å². The molecule has 0 saturated heterocycles. The summed E-state index contributed by atoms with van der Waals surface area (Å²) in [7, 11) is 0. The molecule has 0 unspecified atom stereocenters. The van der Waals surface area contributed by atoms with Gasteiger partial charge < -0.3 is 14.6 Å². The number of ketones is 1. The number of nitro groups is 1. The molecule has 7 nitrogen and oxygen atoms in total. The zero-order valence-electron chi connectivity index (χ0n) is 12.6.